The summed E-state index contributed by atoms with van der Waals surface area (Å²) in [6, 6.07) is 0.317. The first kappa shape index (κ1) is 62.4. The number of amides is 1. The maximum Gasteiger partial charge on any atom is 0.305 e. The Kier molecular flexibility index (Phi) is 46.6. The molecule has 0 aromatic heterocycles. The Balaban J connectivity index is 5.05. The second-order valence-electron chi connectivity index (χ2n) is 20.1. The average molecular weight is 906 g/mol. The zero-order chi connectivity index (χ0) is 47.1. The van der Waals surface area contributed by atoms with Gasteiger partial charge in [-0.05, 0) is 102 Å². The minimum atomic E-state index is -0.00694. The molecule has 7 nitrogen and oxygen atoms in total. The summed E-state index contributed by atoms with van der Waals surface area (Å²) in [5.74, 6) is 1.98. The maximum atomic E-state index is 14.0. The van der Waals surface area contributed by atoms with Crippen LogP contribution in [0.2, 0.25) is 0 Å². The van der Waals surface area contributed by atoms with Gasteiger partial charge in [-0.2, -0.15) is 0 Å². The van der Waals surface area contributed by atoms with E-state index in [1.807, 2.05) is 7.05 Å². The average Bonchev–Trinajstić information content (AvgIpc) is 3.30. The van der Waals surface area contributed by atoms with Gasteiger partial charge < -0.3 is 19.7 Å². The van der Waals surface area contributed by atoms with Crippen LogP contribution in [0.1, 0.15) is 292 Å². The molecule has 0 aromatic carbocycles. The molecule has 0 aromatic rings. The van der Waals surface area contributed by atoms with Crippen molar-refractivity contribution in [3.63, 3.8) is 0 Å². The summed E-state index contributed by atoms with van der Waals surface area (Å²) < 4.78 is 11.6. The summed E-state index contributed by atoms with van der Waals surface area (Å²) in [5, 5.41) is 3.25. The van der Waals surface area contributed by atoms with Crippen molar-refractivity contribution in [2.24, 2.45) is 17.8 Å². The fourth-order valence-corrected chi connectivity index (χ4v) is 9.43. The van der Waals surface area contributed by atoms with Crippen LogP contribution in [0.15, 0.2) is 0 Å². The van der Waals surface area contributed by atoms with Crippen LogP contribution in [0.5, 0.6) is 0 Å². The smallest absolute Gasteiger partial charge is 0.305 e. The van der Waals surface area contributed by atoms with E-state index in [2.05, 4.69) is 51.8 Å². The van der Waals surface area contributed by atoms with E-state index in [0.29, 0.717) is 62.2 Å². The quantitative estimate of drug-likeness (QED) is 0.0483. The topological polar surface area (TPSA) is 84.9 Å². The van der Waals surface area contributed by atoms with Crippen molar-refractivity contribution in [1.82, 2.24) is 10.2 Å². The van der Waals surface area contributed by atoms with E-state index in [1.165, 1.54) is 148 Å². The van der Waals surface area contributed by atoms with E-state index >= 15 is 0 Å². The molecule has 0 aliphatic rings. The molecule has 0 heterocycles. The van der Waals surface area contributed by atoms with Crippen LogP contribution >= 0.6 is 0 Å². The number of nitrogens with zero attached hydrogens (tertiary/aromatic N) is 1. The van der Waals surface area contributed by atoms with Gasteiger partial charge in [-0.3, -0.25) is 14.4 Å². The predicted molar refractivity (Wildman–Crippen MR) is 276 cm³/mol. The summed E-state index contributed by atoms with van der Waals surface area (Å²) in [7, 11) is 1.99. The van der Waals surface area contributed by atoms with Gasteiger partial charge in [0.25, 0.3) is 0 Å². The number of carbonyl (C=O) groups excluding carboxylic acids is 3. The second-order valence-corrected chi connectivity index (χ2v) is 20.1. The van der Waals surface area contributed by atoms with Crippen molar-refractivity contribution in [1.29, 1.82) is 0 Å². The van der Waals surface area contributed by atoms with Crippen molar-refractivity contribution in [2.75, 3.05) is 33.4 Å². The molecule has 3 unspecified atom stereocenters. The Bertz CT molecular complexity index is 966. The molecule has 1 N–H and O–H groups in total. The van der Waals surface area contributed by atoms with Crippen LogP contribution in [0.4, 0.5) is 0 Å². The third-order valence-corrected chi connectivity index (χ3v) is 14.0. The van der Waals surface area contributed by atoms with Gasteiger partial charge in [0.15, 0.2) is 0 Å². The van der Waals surface area contributed by atoms with Gasteiger partial charge in [0, 0.05) is 31.8 Å². The summed E-state index contributed by atoms with van der Waals surface area (Å²) in [6.45, 7) is 16.7. The van der Waals surface area contributed by atoms with Crippen molar-refractivity contribution < 1.29 is 23.9 Å². The Hall–Kier alpha value is -1.63. The zero-order valence-corrected chi connectivity index (χ0v) is 44.2. The fourth-order valence-electron chi connectivity index (χ4n) is 9.43. The molecule has 0 spiro atoms. The van der Waals surface area contributed by atoms with E-state index < -0.39 is 0 Å². The summed E-state index contributed by atoms with van der Waals surface area (Å²) in [5.41, 5.74) is 0. The third kappa shape index (κ3) is 38.5. The van der Waals surface area contributed by atoms with Gasteiger partial charge >= 0.3 is 11.9 Å². The van der Waals surface area contributed by atoms with Crippen molar-refractivity contribution >= 4 is 17.8 Å². The van der Waals surface area contributed by atoms with Crippen molar-refractivity contribution in [3.05, 3.63) is 0 Å². The van der Waals surface area contributed by atoms with Gasteiger partial charge in [0.1, 0.15) is 0 Å². The summed E-state index contributed by atoms with van der Waals surface area (Å²) in [6.07, 6.45) is 43.9. The van der Waals surface area contributed by atoms with E-state index in [-0.39, 0.29) is 11.9 Å². The molecule has 3 atom stereocenters. The Morgan fingerprint density at radius 2 is 0.766 bits per heavy atom. The van der Waals surface area contributed by atoms with E-state index in [0.717, 1.165) is 96.6 Å². The van der Waals surface area contributed by atoms with E-state index in [1.54, 1.807) is 0 Å². The molecule has 0 saturated carbocycles. The molecule has 0 saturated heterocycles. The first-order valence-corrected chi connectivity index (χ1v) is 28.5. The lowest BCUT2D eigenvalue weighted by Gasteiger charge is -2.35. The minimum Gasteiger partial charge on any atom is -0.465 e. The lowest BCUT2D eigenvalue weighted by Crippen LogP contribution is -2.43. The van der Waals surface area contributed by atoms with Crippen LogP contribution in [0.25, 0.3) is 0 Å². The highest BCUT2D eigenvalue weighted by molar-refractivity contribution is 5.76. The first-order valence-electron chi connectivity index (χ1n) is 28.5. The molecule has 0 bridgehead atoms. The molecule has 7 heteroatoms. The van der Waals surface area contributed by atoms with Gasteiger partial charge in [-0.15, -0.1) is 0 Å². The summed E-state index contributed by atoms with van der Waals surface area (Å²) in [4.78, 5) is 41.6. The standard InChI is InChI=1S/C57H112N2O5/c1-8-14-19-29-40-52(38-17-11-4)49-63-56(61)45-33-27-23-21-25-31-42-54(59(48-51(13-6)37-16-10-3)55(60)44-35-36-47-58-7)43-32-26-22-24-28-34-46-57(62)64-50-53(39-18-12-5)41-30-20-15-9-2/h51-54,58H,8-50H2,1-7H3. The number of hydrogen-bond donors (Lipinski definition) is 1. The molecule has 0 aliphatic carbocycles. The molecular formula is C57H112N2O5. The number of ether oxygens (including phenoxy) is 2. The molecular weight excluding hydrogens is 793 g/mol. The van der Waals surface area contributed by atoms with Crippen molar-refractivity contribution in [3.8, 4) is 0 Å². The molecule has 0 fully saturated rings. The van der Waals surface area contributed by atoms with Crippen molar-refractivity contribution in [2.45, 2.75) is 298 Å². The SMILES string of the molecule is CCCCCCC(CCCC)COC(=O)CCCCCCCCC(CCCCCCCCC(=O)OCC(CCCC)CCCCCC)N(CC(CC)CCCC)C(=O)CCCCNC. The first-order chi connectivity index (χ1) is 31.3. The molecule has 1 amide bonds. The molecule has 64 heavy (non-hydrogen) atoms. The number of hydrogen-bond acceptors (Lipinski definition) is 6. The Morgan fingerprint density at radius 1 is 0.406 bits per heavy atom. The fraction of sp³-hybridized carbons (Fsp3) is 0.947. The molecule has 0 radical (unpaired) electrons. The third-order valence-electron chi connectivity index (χ3n) is 14.0. The summed E-state index contributed by atoms with van der Waals surface area (Å²) >= 11 is 0. The number of unbranched alkanes of at least 4 members (excludes halogenated alkanes) is 20. The molecule has 0 rings (SSSR count). The minimum absolute atomic E-state index is 0.00694. The van der Waals surface area contributed by atoms with Crippen LogP contribution in [-0.2, 0) is 23.9 Å². The van der Waals surface area contributed by atoms with Gasteiger partial charge in [0.05, 0.1) is 13.2 Å². The largest absolute Gasteiger partial charge is 0.465 e. The normalized spacial score (nSPS) is 13.4. The van der Waals surface area contributed by atoms with Crippen LogP contribution < -0.4 is 5.32 Å². The van der Waals surface area contributed by atoms with Crippen LogP contribution in [0, 0.1) is 17.8 Å². The van der Waals surface area contributed by atoms with E-state index in [4.69, 9.17) is 9.47 Å². The number of carbonyl (C=O) groups is 3. The Labute approximate surface area is 399 Å². The highest BCUT2D eigenvalue weighted by atomic mass is 16.5. The molecule has 380 valence electrons. The van der Waals surface area contributed by atoms with E-state index in [9.17, 15) is 14.4 Å². The van der Waals surface area contributed by atoms with Gasteiger partial charge in [-0.25, -0.2) is 0 Å². The second kappa shape index (κ2) is 47.8. The lowest BCUT2D eigenvalue weighted by molar-refractivity contribution is -0.146. The molecule has 0 aliphatic heterocycles. The highest BCUT2D eigenvalue weighted by Gasteiger charge is 2.25. The van der Waals surface area contributed by atoms with Gasteiger partial charge in [0.2, 0.25) is 5.91 Å². The number of esters is 2. The zero-order valence-electron chi connectivity index (χ0n) is 44.2. The Morgan fingerprint density at radius 3 is 1.19 bits per heavy atom. The maximum absolute atomic E-state index is 14.0. The van der Waals surface area contributed by atoms with Crippen LogP contribution in [-0.4, -0.2) is 62.1 Å². The van der Waals surface area contributed by atoms with Crippen LogP contribution in [0.3, 0.4) is 0 Å². The number of rotatable bonds is 50. The highest BCUT2D eigenvalue weighted by Crippen LogP contribution is 2.25. The monoisotopic (exact) mass is 905 g/mol. The number of nitrogens with one attached hydrogen (secondary N) is 1. The lowest BCUT2D eigenvalue weighted by atomic mass is 9.94. The van der Waals surface area contributed by atoms with Gasteiger partial charge in [-0.1, -0.05) is 202 Å². The predicted octanol–water partition coefficient (Wildman–Crippen LogP) is 16.7.